The zero-order valence-corrected chi connectivity index (χ0v) is 13.9. The first-order valence-corrected chi connectivity index (χ1v) is 8.89. The minimum absolute atomic E-state index is 0.0228. The molecule has 5 heteroatoms. The molecule has 3 rings (SSSR count). The highest BCUT2D eigenvalue weighted by atomic mass is 32.2. The predicted octanol–water partition coefficient (Wildman–Crippen LogP) is 3.57. The number of hydrogen-bond acceptors (Lipinski definition) is 5. The van der Waals surface area contributed by atoms with E-state index in [9.17, 15) is 9.59 Å². The van der Waals surface area contributed by atoms with Crippen molar-refractivity contribution in [2.45, 2.75) is 17.8 Å². The van der Waals surface area contributed by atoms with E-state index in [-0.39, 0.29) is 29.9 Å². The van der Waals surface area contributed by atoms with Gasteiger partial charge in [0.05, 0.1) is 16.4 Å². The van der Waals surface area contributed by atoms with Crippen molar-refractivity contribution in [2.75, 3.05) is 12.4 Å². The van der Waals surface area contributed by atoms with E-state index < -0.39 is 0 Å². The Morgan fingerprint density at radius 1 is 0.917 bits per heavy atom. The van der Waals surface area contributed by atoms with Crippen molar-refractivity contribution >= 4 is 23.7 Å². The Hall–Kier alpha value is -2.27. The molecule has 0 saturated carbocycles. The van der Waals surface area contributed by atoms with Crippen LogP contribution in [-0.4, -0.2) is 35.7 Å². The minimum Gasteiger partial charge on any atom is -0.461 e. The molecule has 1 heterocycles. The molecule has 0 spiro atoms. The molecule has 0 N–H and O–H groups in total. The van der Waals surface area contributed by atoms with Crippen molar-refractivity contribution in [3.05, 3.63) is 71.8 Å². The van der Waals surface area contributed by atoms with Gasteiger partial charge in [-0.1, -0.05) is 36.4 Å². The molecule has 1 saturated heterocycles. The predicted molar refractivity (Wildman–Crippen MR) is 93.2 cm³/mol. The summed E-state index contributed by atoms with van der Waals surface area (Å²) >= 11 is 1.67. The molecular weight excluding hydrogens is 324 g/mol. The van der Waals surface area contributed by atoms with E-state index in [2.05, 4.69) is 0 Å². The van der Waals surface area contributed by atoms with Gasteiger partial charge >= 0.3 is 11.9 Å². The number of ether oxygens (including phenoxy) is 2. The Morgan fingerprint density at radius 3 is 2.12 bits per heavy atom. The van der Waals surface area contributed by atoms with Crippen LogP contribution in [0, 0.1) is 0 Å². The molecule has 124 valence electrons. The van der Waals surface area contributed by atoms with Crippen LogP contribution in [0.5, 0.6) is 0 Å². The van der Waals surface area contributed by atoms with E-state index in [1.54, 1.807) is 60.3 Å². The molecule has 0 radical (unpaired) electrons. The van der Waals surface area contributed by atoms with E-state index in [1.807, 2.05) is 12.1 Å². The number of benzene rings is 2. The molecule has 1 fully saturated rings. The van der Waals surface area contributed by atoms with E-state index in [0.717, 1.165) is 12.2 Å². The number of carbonyl (C=O) groups excluding carboxylic acids is 2. The second-order valence-electron chi connectivity index (χ2n) is 5.47. The maximum atomic E-state index is 12.2. The summed E-state index contributed by atoms with van der Waals surface area (Å²) in [5.74, 6) is 0.207. The van der Waals surface area contributed by atoms with Crippen molar-refractivity contribution in [1.82, 2.24) is 0 Å². The Labute approximate surface area is 145 Å². The molecule has 4 nitrogen and oxygen atoms in total. The smallest absolute Gasteiger partial charge is 0.338 e. The topological polar surface area (TPSA) is 52.6 Å². The number of esters is 2. The SMILES string of the molecule is O=C(OC[C@H]1SCC[C@@H]1OC(=O)c1ccccc1)c1ccccc1. The lowest BCUT2D eigenvalue weighted by Gasteiger charge is -2.19. The third kappa shape index (κ3) is 4.17. The average Bonchev–Trinajstić information content (AvgIpc) is 3.08. The van der Waals surface area contributed by atoms with Crippen LogP contribution in [0.3, 0.4) is 0 Å². The molecule has 1 aliphatic rings. The van der Waals surface area contributed by atoms with E-state index in [0.29, 0.717) is 11.1 Å². The van der Waals surface area contributed by atoms with Gasteiger partial charge in [-0.3, -0.25) is 0 Å². The molecule has 2 aromatic carbocycles. The highest BCUT2D eigenvalue weighted by Crippen LogP contribution is 2.30. The molecule has 0 aromatic heterocycles. The van der Waals surface area contributed by atoms with Crippen molar-refractivity contribution in [2.24, 2.45) is 0 Å². The zero-order chi connectivity index (χ0) is 16.8. The quantitative estimate of drug-likeness (QED) is 0.778. The van der Waals surface area contributed by atoms with E-state index in [1.165, 1.54) is 0 Å². The van der Waals surface area contributed by atoms with Gasteiger partial charge in [-0.05, 0) is 36.4 Å². The van der Waals surface area contributed by atoms with Gasteiger partial charge in [-0.15, -0.1) is 0 Å². The second kappa shape index (κ2) is 8.02. The monoisotopic (exact) mass is 342 g/mol. The number of thioether (sulfide) groups is 1. The third-order valence-electron chi connectivity index (χ3n) is 3.81. The summed E-state index contributed by atoms with van der Waals surface area (Å²) in [6.45, 7) is 0.241. The molecule has 0 bridgehead atoms. The average molecular weight is 342 g/mol. The fraction of sp³-hybridized carbons (Fsp3) is 0.263. The third-order valence-corrected chi connectivity index (χ3v) is 5.14. The molecule has 0 aliphatic carbocycles. The molecule has 24 heavy (non-hydrogen) atoms. The van der Waals surface area contributed by atoms with Crippen LogP contribution in [0.25, 0.3) is 0 Å². The molecule has 0 unspecified atom stereocenters. The molecule has 1 aliphatic heterocycles. The largest absolute Gasteiger partial charge is 0.461 e. The van der Waals surface area contributed by atoms with Crippen LogP contribution in [-0.2, 0) is 9.47 Å². The Morgan fingerprint density at radius 2 is 1.50 bits per heavy atom. The van der Waals surface area contributed by atoms with Crippen LogP contribution in [0.2, 0.25) is 0 Å². The van der Waals surface area contributed by atoms with Gasteiger partial charge in [0, 0.05) is 0 Å². The lowest BCUT2D eigenvalue weighted by Crippen LogP contribution is -2.29. The summed E-state index contributed by atoms with van der Waals surface area (Å²) in [5, 5.41) is -0.0228. The van der Waals surface area contributed by atoms with Gasteiger partial charge in [0.1, 0.15) is 12.7 Å². The van der Waals surface area contributed by atoms with Crippen LogP contribution in [0.15, 0.2) is 60.7 Å². The van der Waals surface area contributed by atoms with Crippen LogP contribution in [0.1, 0.15) is 27.1 Å². The number of hydrogen-bond donors (Lipinski definition) is 0. The summed E-state index contributed by atoms with van der Waals surface area (Å²) in [7, 11) is 0. The van der Waals surface area contributed by atoms with Crippen molar-refractivity contribution in [1.29, 1.82) is 0 Å². The molecule has 2 aromatic rings. The van der Waals surface area contributed by atoms with Crippen molar-refractivity contribution < 1.29 is 19.1 Å². The highest BCUT2D eigenvalue weighted by molar-refractivity contribution is 8.00. The van der Waals surface area contributed by atoms with Crippen LogP contribution < -0.4 is 0 Å². The Kier molecular flexibility index (Phi) is 5.54. The van der Waals surface area contributed by atoms with E-state index in [4.69, 9.17) is 9.47 Å². The summed E-state index contributed by atoms with van der Waals surface area (Å²) in [5.41, 5.74) is 1.06. The fourth-order valence-corrected chi connectivity index (χ4v) is 3.76. The fourth-order valence-electron chi connectivity index (χ4n) is 2.51. The van der Waals surface area contributed by atoms with Gasteiger partial charge in [-0.25, -0.2) is 9.59 Å². The van der Waals surface area contributed by atoms with Crippen LogP contribution >= 0.6 is 11.8 Å². The summed E-state index contributed by atoms with van der Waals surface area (Å²) < 4.78 is 11.0. The lowest BCUT2D eigenvalue weighted by molar-refractivity contribution is 0.0221. The standard InChI is InChI=1S/C19H18O4S/c20-18(14-7-3-1-4-8-14)22-13-17-16(11-12-24-17)23-19(21)15-9-5-2-6-10-15/h1-10,16-17H,11-13H2/t16-,17+/m0/s1. The van der Waals surface area contributed by atoms with E-state index >= 15 is 0 Å². The first-order valence-electron chi connectivity index (χ1n) is 7.84. The van der Waals surface area contributed by atoms with Crippen molar-refractivity contribution in [3.8, 4) is 0 Å². The van der Waals surface area contributed by atoms with Gasteiger partial charge < -0.3 is 9.47 Å². The van der Waals surface area contributed by atoms with Crippen molar-refractivity contribution in [3.63, 3.8) is 0 Å². The van der Waals surface area contributed by atoms with Gasteiger partial charge in [-0.2, -0.15) is 11.8 Å². The zero-order valence-electron chi connectivity index (χ0n) is 13.1. The number of rotatable bonds is 5. The molecule has 0 amide bonds. The van der Waals surface area contributed by atoms with Gasteiger partial charge in [0.25, 0.3) is 0 Å². The summed E-state index contributed by atoms with van der Waals surface area (Å²) in [6.07, 6.45) is 0.544. The van der Waals surface area contributed by atoms with Gasteiger partial charge in [0.2, 0.25) is 0 Å². The first kappa shape index (κ1) is 16.6. The summed E-state index contributed by atoms with van der Waals surface area (Å²) in [4.78, 5) is 24.2. The normalized spacial score (nSPS) is 19.7. The number of carbonyl (C=O) groups is 2. The molecule has 2 atom stereocenters. The minimum atomic E-state index is -0.351. The lowest BCUT2D eigenvalue weighted by atomic mass is 10.2. The highest BCUT2D eigenvalue weighted by Gasteiger charge is 2.32. The molecular formula is C19H18O4S. The van der Waals surface area contributed by atoms with Crippen LogP contribution in [0.4, 0.5) is 0 Å². The maximum Gasteiger partial charge on any atom is 0.338 e. The maximum absolute atomic E-state index is 12.2. The first-order chi connectivity index (χ1) is 11.7. The summed E-state index contributed by atoms with van der Waals surface area (Å²) in [6, 6.07) is 17.8. The Balaban J connectivity index is 1.54. The Bertz CT molecular complexity index is 687. The van der Waals surface area contributed by atoms with Gasteiger partial charge in [0.15, 0.2) is 0 Å². The second-order valence-corrected chi connectivity index (χ2v) is 6.82.